The van der Waals surface area contributed by atoms with E-state index in [4.69, 9.17) is 0 Å². The van der Waals surface area contributed by atoms with Crippen LogP contribution in [0.5, 0.6) is 0 Å². The van der Waals surface area contributed by atoms with Gasteiger partial charge in [0.2, 0.25) is 5.91 Å². The number of carbonyl (C=O) groups excluding carboxylic acids is 3. The minimum atomic E-state index is -0.526. The average molecular weight is 390 g/mol. The molecule has 0 radical (unpaired) electrons. The number of halogens is 1. The van der Waals surface area contributed by atoms with Crippen LogP contribution in [0.3, 0.4) is 0 Å². The van der Waals surface area contributed by atoms with Gasteiger partial charge in [0.15, 0.2) is 5.78 Å². The van der Waals surface area contributed by atoms with E-state index in [1.165, 1.54) is 6.92 Å². The number of nitrogens with one attached hydrogen (secondary N) is 3. The van der Waals surface area contributed by atoms with Gasteiger partial charge in [0.25, 0.3) is 0 Å². The second-order valence-electron chi connectivity index (χ2n) is 5.00. The van der Waals surface area contributed by atoms with Gasteiger partial charge in [0.05, 0.1) is 6.54 Å². The number of benzene rings is 2. The molecule has 0 unspecified atom stereocenters. The zero-order valence-corrected chi connectivity index (χ0v) is 14.5. The standard InChI is InChI=1S/C17H16BrN3O3/c1-11(22)12-3-2-4-15(9-12)21-17(24)19-10-16(23)20-14-7-5-13(18)6-8-14/h2-9H,10H2,1H3,(H,20,23)(H2,19,21,24). The lowest BCUT2D eigenvalue weighted by atomic mass is 10.1. The molecule has 2 aromatic rings. The summed E-state index contributed by atoms with van der Waals surface area (Å²) in [7, 11) is 0. The Morgan fingerprint density at radius 2 is 1.67 bits per heavy atom. The van der Waals surface area contributed by atoms with Crippen LogP contribution in [0.1, 0.15) is 17.3 Å². The first kappa shape index (κ1) is 17.7. The molecule has 0 heterocycles. The number of Topliss-reactive ketones (excluding diaryl/α,β-unsaturated/α-hetero) is 1. The van der Waals surface area contributed by atoms with E-state index in [9.17, 15) is 14.4 Å². The van der Waals surface area contributed by atoms with Crippen molar-refractivity contribution >= 4 is 45.0 Å². The number of ketones is 1. The molecule has 124 valence electrons. The SMILES string of the molecule is CC(=O)c1cccc(NC(=O)NCC(=O)Nc2ccc(Br)cc2)c1. The normalized spacial score (nSPS) is 9.92. The van der Waals surface area contributed by atoms with Crippen LogP contribution in [-0.4, -0.2) is 24.3 Å². The lowest BCUT2D eigenvalue weighted by Gasteiger charge is -2.09. The number of rotatable bonds is 5. The minimum absolute atomic E-state index is 0.0899. The van der Waals surface area contributed by atoms with Crippen LogP contribution < -0.4 is 16.0 Å². The van der Waals surface area contributed by atoms with E-state index in [1.54, 1.807) is 48.5 Å². The second kappa shape index (κ2) is 8.26. The van der Waals surface area contributed by atoms with Crippen molar-refractivity contribution in [3.8, 4) is 0 Å². The molecule has 3 amide bonds. The highest BCUT2D eigenvalue weighted by molar-refractivity contribution is 9.10. The predicted molar refractivity (Wildman–Crippen MR) is 96.2 cm³/mol. The maximum Gasteiger partial charge on any atom is 0.319 e. The third-order valence-corrected chi connectivity index (χ3v) is 3.59. The summed E-state index contributed by atoms with van der Waals surface area (Å²) in [4.78, 5) is 34.9. The molecular weight excluding hydrogens is 374 g/mol. The van der Waals surface area contributed by atoms with Gasteiger partial charge in [-0.3, -0.25) is 9.59 Å². The third-order valence-electron chi connectivity index (χ3n) is 3.06. The van der Waals surface area contributed by atoms with E-state index in [2.05, 4.69) is 31.9 Å². The molecule has 0 saturated carbocycles. The van der Waals surface area contributed by atoms with Crippen molar-refractivity contribution in [2.45, 2.75) is 6.92 Å². The molecule has 0 saturated heterocycles. The molecule has 2 aromatic carbocycles. The van der Waals surface area contributed by atoms with Gasteiger partial charge in [-0.05, 0) is 43.3 Å². The topological polar surface area (TPSA) is 87.3 Å². The number of urea groups is 1. The molecular formula is C17H16BrN3O3. The monoisotopic (exact) mass is 389 g/mol. The first-order valence-corrected chi connectivity index (χ1v) is 7.94. The van der Waals surface area contributed by atoms with Gasteiger partial charge in [0.1, 0.15) is 0 Å². The predicted octanol–water partition coefficient (Wildman–Crippen LogP) is 3.41. The zero-order valence-electron chi connectivity index (χ0n) is 12.9. The van der Waals surface area contributed by atoms with Crippen molar-refractivity contribution in [1.82, 2.24) is 5.32 Å². The van der Waals surface area contributed by atoms with Gasteiger partial charge >= 0.3 is 6.03 Å². The van der Waals surface area contributed by atoms with Crippen molar-refractivity contribution in [3.05, 3.63) is 58.6 Å². The molecule has 0 atom stereocenters. The van der Waals surface area contributed by atoms with Gasteiger partial charge in [0, 0.05) is 21.4 Å². The Morgan fingerprint density at radius 1 is 0.958 bits per heavy atom. The Labute approximate surface area is 147 Å². The number of hydrogen-bond donors (Lipinski definition) is 3. The summed E-state index contributed by atoms with van der Waals surface area (Å²) in [5.74, 6) is -0.433. The van der Waals surface area contributed by atoms with Crippen LogP contribution in [0, 0.1) is 0 Å². The van der Waals surface area contributed by atoms with Crippen molar-refractivity contribution in [2.24, 2.45) is 0 Å². The Hall–Kier alpha value is -2.67. The first-order chi connectivity index (χ1) is 11.4. The highest BCUT2D eigenvalue weighted by Crippen LogP contribution is 2.14. The van der Waals surface area contributed by atoms with E-state index in [-0.39, 0.29) is 18.2 Å². The summed E-state index contributed by atoms with van der Waals surface area (Å²) in [6.45, 7) is 1.28. The highest BCUT2D eigenvalue weighted by atomic mass is 79.9. The molecule has 6 nitrogen and oxygen atoms in total. The summed E-state index contributed by atoms with van der Waals surface area (Å²) in [6.07, 6.45) is 0. The van der Waals surface area contributed by atoms with Crippen molar-refractivity contribution < 1.29 is 14.4 Å². The summed E-state index contributed by atoms with van der Waals surface area (Å²) >= 11 is 3.31. The van der Waals surface area contributed by atoms with Gasteiger partial charge in [-0.1, -0.05) is 28.1 Å². The maximum atomic E-state index is 11.8. The molecule has 0 fully saturated rings. The minimum Gasteiger partial charge on any atom is -0.329 e. The smallest absolute Gasteiger partial charge is 0.319 e. The summed E-state index contributed by atoms with van der Waals surface area (Å²) in [6, 6.07) is 13.1. The van der Waals surface area contributed by atoms with Crippen LogP contribution in [0.4, 0.5) is 16.2 Å². The van der Waals surface area contributed by atoms with E-state index >= 15 is 0 Å². The summed E-state index contributed by atoms with van der Waals surface area (Å²) in [5, 5.41) is 7.70. The maximum absolute atomic E-state index is 11.8. The van der Waals surface area contributed by atoms with E-state index in [0.29, 0.717) is 16.9 Å². The number of carbonyl (C=O) groups is 3. The van der Waals surface area contributed by atoms with Crippen LogP contribution in [-0.2, 0) is 4.79 Å². The van der Waals surface area contributed by atoms with Gasteiger partial charge < -0.3 is 16.0 Å². The Bertz CT molecular complexity index is 760. The fourth-order valence-corrected chi connectivity index (χ4v) is 2.15. The summed E-state index contributed by atoms with van der Waals surface area (Å²) in [5.41, 5.74) is 1.62. The lowest BCUT2D eigenvalue weighted by Crippen LogP contribution is -2.35. The van der Waals surface area contributed by atoms with Crippen molar-refractivity contribution in [2.75, 3.05) is 17.2 Å². The Kier molecular flexibility index (Phi) is 6.08. The zero-order chi connectivity index (χ0) is 17.5. The Balaban J connectivity index is 1.82. The molecule has 0 aromatic heterocycles. The first-order valence-electron chi connectivity index (χ1n) is 7.15. The van der Waals surface area contributed by atoms with Crippen LogP contribution in [0.15, 0.2) is 53.0 Å². The van der Waals surface area contributed by atoms with Gasteiger partial charge in [-0.15, -0.1) is 0 Å². The van der Waals surface area contributed by atoms with Crippen LogP contribution in [0.25, 0.3) is 0 Å². The molecule has 0 aliphatic rings. The Morgan fingerprint density at radius 3 is 2.33 bits per heavy atom. The van der Waals surface area contributed by atoms with Crippen LogP contribution >= 0.6 is 15.9 Å². The molecule has 0 bridgehead atoms. The molecule has 7 heteroatoms. The largest absolute Gasteiger partial charge is 0.329 e. The quantitative estimate of drug-likeness (QED) is 0.684. The second-order valence-corrected chi connectivity index (χ2v) is 5.92. The van der Waals surface area contributed by atoms with Gasteiger partial charge in [-0.2, -0.15) is 0 Å². The van der Waals surface area contributed by atoms with E-state index in [0.717, 1.165) is 4.47 Å². The van der Waals surface area contributed by atoms with E-state index in [1.807, 2.05) is 0 Å². The lowest BCUT2D eigenvalue weighted by molar-refractivity contribution is -0.115. The molecule has 24 heavy (non-hydrogen) atoms. The highest BCUT2D eigenvalue weighted by Gasteiger charge is 2.07. The molecule has 0 spiro atoms. The van der Waals surface area contributed by atoms with Crippen LogP contribution in [0.2, 0.25) is 0 Å². The van der Waals surface area contributed by atoms with E-state index < -0.39 is 6.03 Å². The molecule has 3 N–H and O–H groups in total. The van der Waals surface area contributed by atoms with Crippen molar-refractivity contribution in [1.29, 1.82) is 0 Å². The van der Waals surface area contributed by atoms with Gasteiger partial charge in [-0.25, -0.2) is 4.79 Å². The third kappa shape index (κ3) is 5.51. The van der Waals surface area contributed by atoms with Crippen molar-refractivity contribution in [3.63, 3.8) is 0 Å². The fraction of sp³-hybridized carbons (Fsp3) is 0.118. The fourth-order valence-electron chi connectivity index (χ4n) is 1.89. The average Bonchev–Trinajstić information content (AvgIpc) is 2.55. The number of anilines is 2. The summed E-state index contributed by atoms with van der Waals surface area (Å²) < 4.78 is 0.908. The molecule has 0 aliphatic heterocycles. The number of hydrogen-bond acceptors (Lipinski definition) is 3. The molecule has 0 aliphatic carbocycles. The number of amides is 3. The molecule has 2 rings (SSSR count).